The fourth-order valence-electron chi connectivity index (χ4n) is 4.20. The number of hydrogen-bond acceptors (Lipinski definition) is 3. The van der Waals surface area contributed by atoms with Crippen LogP contribution in [0.2, 0.25) is 0 Å². The highest BCUT2D eigenvalue weighted by atomic mass is 16.6. The summed E-state index contributed by atoms with van der Waals surface area (Å²) < 4.78 is 6.10. The first kappa shape index (κ1) is 16.0. The van der Waals surface area contributed by atoms with E-state index in [1.807, 2.05) is 32.6 Å². The number of likely N-dealkylation sites (tertiary alicyclic amines) is 1. The van der Waals surface area contributed by atoms with Crippen LogP contribution in [-0.4, -0.2) is 39.1 Å². The number of ether oxygens (including phenoxy) is 1. The molecule has 0 saturated carbocycles. The van der Waals surface area contributed by atoms with Crippen LogP contribution < -0.4 is 5.32 Å². The van der Waals surface area contributed by atoms with E-state index in [4.69, 9.17) is 4.74 Å². The number of nitrogens with one attached hydrogen (secondary N) is 1. The Labute approximate surface area is 126 Å². The topological polar surface area (TPSA) is 58.6 Å². The van der Waals surface area contributed by atoms with Gasteiger partial charge in [0.1, 0.15) is 11.3 Å². The summed E-state index contributed by atoms with van der Waals surface area (Å²) in [5.41, 5.74) is -2.44. The molecule has 0 bridgehead atoms. The standard InChI is InChI=1S/C16H26N2O3/c1-8-11(19)18-13(2,3)9-16(10-14(18,4)5)17-12(20)15(6,7)21-16/h8H,1,9-10H2,2-7H3,(H,17,20). The average Bonchev–Trinajstić information content (AvgIpc) is 2.43. The Balaban J connectivity index is 2.41. The van der Waals surface area contributed by atoms with Crippen molar-refractivity contribution in [1.82, 2.24) is 10.2 Å². The van der Waals surface area contributed by atoms with Crippen LogP contribution in [0.4, 0.5) is 0 Å². The van der Waals surface area contributed by atoms with Gasteiger partial charge in [-0.05, 0) is 47.6 Å². The molecule has 0 unspecified atom stereocenters. The second kappa shape index (κ2) is 4.32. The first-order valence-corrected chi connectivity index (χ1v) is 7.35. The zero-order valence-corrected chi connectivity index (χ0v) is 13.9. The molecule has 5 heteroatoms. The largest absolute Gasteiger partial charge is 0.340 e. The second-order valence-corrected chi connectivity index (χ2v) is 7.92. The van der Waals surface area contributed by atoms with Crippen LogP contribution in [0.3, 0.4) is 0 Å². The van der Waals surface area contributed by atoms with E-state index in [1.54, 1.807) is 13.8 Å². The minimum Gasteiger partial charge on any atom is -0.340 e. The van der Waals surface area contributed by atoms with Crippen LogP contribution in [0.1, 0.15) is 54.4 Å². The monoisotopic (exact) mass is 294 g/mol. The maximum absolute atomic E-state index is 12.3. The summed E-state index contributed by atoms with van der Waals surface area (Å²) in [6, 6.07) is 0. The van der Waals surface area contributed by atoms with E-state index in [2.05, 4.69) is 11.9 Å². The van der Waals surface area contributed by atoms with Gasteiger partial charge in [0.15, 0.2) is 0 Å². The molecule has 0 aromatic rings. The van der Waals surface area contributed by atoms with E-state index in [1.165, 1.54) is 6.08 Å². The Kier molecular flexibility index (Phi) is 3.30. The third-order valence-electron chi connectivity index (χ3n) is 4.38. The lowest BCUT2D eigenvalue weighted by molar-refractivity contribution is -0.186. The molecular weight excluding hydrogens is 268 g/mol. The van der Waals surface area contributed by atoms with Crippen molar-refractivity contribution in [1.29, 1.82) is 0 Å². The molecule has 2 heterocycles. The van der Waals surface area contributed by atoms with Gasteiger partial charge < -0.3 is 15.0 Å². The zero-order valence-electron chi connectivity index (χ0n) is 13.9. The van der Waals surface area contributed by atoms with E-state index in [0.717, 1.165) is 0 Å². The molecule has 118 valence electrons. The first-order valence-electron chi connectivity index (χ1n) is 7.35. The number of amides is 2. The van der Waals surface area contributed by atoms with Crippen LogP contribution in [-0.2, 0) is 14.3 Å². The van der Waals surface area contributed by atoms with Crippen molar-refractivity contribution in [3.8, 4) is 0 Å². The van der Waals surface area contributed by atoms with Gasteiger partial charge in [0, 0.05) is 23.9 Å². The molecule has 0 aliphatic carbocycles. The Bertz CT molecular complexity index is 488. The van der Waals surface area contributed by atoms with Gasteiger partial charge in [-0.2, -0.15) is 0 Å². The van der Waals surface area contributed by atoms with E-state index in [0.29, 0.717) is 12.8 Å². The molecular formula is C16H26N2O3. The van der Waals surface area contributed by atoms with E-state index < -0.39 is 22.4 Å². The smallest absolute Gasteiger partial charge is 0.253 e. The highest BCUT2D eigenvalue weighted by molar-refractivity contribution is 5.89. The summed E-state index contributed by atoms with van der Waals surface area (Å²) in [5.74, 6) is -0.193. The molecule has 2 fully saturated rings. The molecule has 0 aromatic carbocycles. The SMILES string of the molecule is C=CC(=O)N1C(C)(C)CC2(CC1(C)C)NC(=O)C(C)(C)O2. The van der Waals surface area contributed by atoms with Crippen LogP contribution in [0.15, 0.2) is 12.7 Å². The predicted molar refractivity (Wildman–Crippen MR) is 80.5 cm³/mol. The highest BCUT2D eigenvalue weighted by Gasteiger charge is 2.60. The van der Waals surface area contributed by atoms with Crippen LogP contribution in [0.5, 0.6) is 0 Å². The van der Waals surface area contributed by atoms with Gasteiger partial charge >= 0.3 is 0 Å². The van der Waals surface area contributed by atoms with Gasteiger partial charge in [0.05, 0.1) is 0 Å². The molecule has 2 saturated heterocycles. The molecule has 0 aromatic heterocycles. The van der Waals surface area contributed by atoms with E-state index in [9.17, 15) is 9.59 Å². The Morgan fingerprint density at radius 2 is 1.67 bits per heavy atom. The average molecular weight is 294 g/mol. The third-order valence-corrected chi connectivity index (χ3v) is 4.38. The molecule has 5 nitrogen and oxygen atoms in total. The van der Waals surface area contributed by atoms with Crippen LogP contribution >= 0.6 is 0 Å². The molecule has 2 rings (SSSR count). The molecule has 2 aliphatic rings. The quantitative estimate of drug-likeness (QED) is 0.752. The summed E-state index contributed by atoms with van der Waals surface area (Å²) in [7, 11) is 0. The van der Waals surface area contributed by atoms with Crippen LogP contribution in [0, 0.1) is 0 Å². The van der Waals surface area contributed by atoms with Crippen molar-refractivity contribution >= 4 is 11.8 Å². The number of nitrogens with zero attached hydrogens (tertiary/aromatic N) is 1. The molecule has 2 amide bonds. The van der Waals surface area contributed by atoms with Gasteiger partial charge in [-0.25, -0.2) is 0 Å². The minimum absolute atomic E-state index is 0.0940. The molecule has 0 atom stereocenters. The molecule has 1 spiro atoms. The fraction of sp³-hybridized carbons (Fsp3) is 0.750. The number of piperidine rings is 1. The zero-order chi connectivity index (χ0) is 16.3. The third kappa shape index (κ3) is 2.48. The normalized spacial score (nSPS) is 28.3. The Morgan fingerprint density at radius 1 is 1.19 bits per heavy atom. The molecule has 2 aliphatic heterocycles. The van der Waals surface area contributed by atoms with Crippen LogP contribution in [0.25, 0.3) is 0 Å². The van der Waals surface area contributed by atoms with Gasteiger partial charge in [0.2, 0.25) is 5.91 Å². The number of rotatable bonds is 1. The van der Waals surface area contributed by atoms with Gasteiger partial charge in [-0.15, -0.1) is 0 Å². The number of hydrogen-bond donors (Lipinski definition) is 1. The highest BCUT2D eigenvalue weighted by Crippen LogP contribution is 2.47. The second-order valence-electron chi connectivity index (χ2n) is 7.92. The summed E-state index contributed by atoms with van der Waals surface area (Å²) in [4.78, 5) is 26.2. The van der Waals surface area contributed by atoms with E-state index in [-0.39, 0.29) is 11.8 Å². The van der Waals surface area contributed by atoms with Gasteiger partial charge in [-0.3, -0.25) is 9.59 Å². The molecule has 1 N–H and O–H groups in total. The maximum atomic E-state index is 12.3. The maximum Gasteiger partial charge on any atom is 0.253 e. The Hall–Kier alpha value is -1.36. The van der Waals surface area contributed by atoms with E-state index >= 15 is 0 Å². The summed E-state index contributed by atoms with van der Waals surface area (Å²) in [5, 5.41) is 3.02. The summed E-state index contributed by atoms with van der Waals surface area (Å²) in [6.45, 7) is 15.1. The number of carbonyl (C=O) groups excluding carboxylic acids is 2. The fourth-order valence-corrected chi connectivity index (χ4v) is 4.20. The van der Waals surface area contributed by atoms with Gasteiger partial charge in [-0.1, -0.05) is 6.58 Å². The van der Waals surface area contributed by atoms with Crippen molar-refractivity contribution in [2.24, 2.45) is 0 Å². The lowest BCUT2D eigenvalue weighted by Gasteiger charge is -2.57. The number of carbonyl (C=O) groups is 2. The van der Waals surface area contributed by atoms with Crippen molar-refractivity contribution in [3.63, 3.8) is 0 Å². The lowest BCUT2D eigenvalue weighted by atomic mass is 9.74. The summed E-state index contributed by atoms with van der Waals surface area (Å²) in [6.07, 6.45) is 2.45. The predicted octanol–water partition coefficient (Wildman–Crippen LogP) is 1.97. The van der Waals surface area contributed by atoms with Crippen molar-refractivity contribution in [3.05, 3.63) is 12.7 Å². The lowest BCUT2D eigenvalue weighted by Crippen LogP contribution is -2.69. The molecule has 21 heavy (non-hydrogen) atoms. The minimum atomic E-state index is -0.837. The van der Waals surface area contributed by atoms with Crippen molar-refractivity contribution in [2.45, 2.75) is 76.8 Å². The first-order chi connectivity index (χ1) is 9.35. The van der Waals surface area contributed by atoms with Crippen molar-refractivity contribution in [2.75, 3.05) is 0 Å². The molecule has 0 radical (unpaired) electrons. The Morgan fingerprint density at radius 3 is 2.00 bits per heavy atom. The van der Waals surface area contributed by atoms with Gasteiger partial charge in [0.25, 0.3) is 5.91 Å². The van der Waals surface area contributed by atoms with Crippen molar-refractivity contribution < 1.29 is 14.3 Å². The summed E-state index contributed by atoms with van der Waals surface area (Å²) >= 11 is 0.